The van der Waals surface area contributed by atoms with Gasteiger partial charge in [-0.05, 0) is 45.6 Å². The maximum atomic E-state index is 12.7. The van der Waals surface area contributed by atoms with Crippen LogP contribution in [0.15, 0.2) is 16.8 Å². The average Bonchev–Trinajstić information content (AvgIpc) is 2.98. The molecule has 2 fully saturated rings. The standard InChI is InChI=1S/C17H23N5O2/c1-11(2)22-9-7-13(19-22)10-15(23)21-8-3-4-14(21)16-18-17(24-20-16)12-5-6-12/h7,9,11-12,14H,3-6,8,10H2,1-2H3/t14-/m1/s1. The van der Waals surface area contributed by atoms with Gasteiger partial charge in [-0.3, -0.25) is 9.48 Å². The SMILES string of the molecule is CC(C)n1ccc(CC(=O)N2CCC[C@@H]2c2noc(C3CC3)n2)n1. The van der Waals surface area contributed by atoms with Gasteiger partial charge in [0, 0.05) is 24.7 Å². The first kappa shape index (κ1) is 15.4. The highest BCUT2D eigenvalue weighted by molar-refractivity contribution is 5.79. The number of carbonyl (C=O) groups is 1. The second kappa shape index (κ2) is 6.03. The van der Waals surface area contributed by atoms with Crippen LogP contribution < -0.4 is 0 Å². The lowest BCUT2D eigenvalue weighted by atomic mass is 10.2. The minimum absolute atomic E-state index is 0.0547. The van der Waals surface area contributed by atoms with Crippen molar-refractivity contribution in [3.63, 3.8) is 0 Å². The van der Waals surface area contributed by atoms with E-state index >= 15 is 0 Å². The van der Waals surface area contributed by atoms with E-state index in [1.165, 1.54) is 0 Å². The highest BCUT2D eigenvalue weighted by Gasteiger charge is 2.36. The van der Waals surface area contributed by atoms with Gasteiger partial charge in [-0.2, -0.15) is 10.1 Å². The van der Waals surface area contributed by atoms with Crippen molar-refractivity contribution in [3.05, 3.63) is 29.7 Å². The quantitative estimate of drug-likeness (QED) is 0.843. The van der Waals surface area contributed by atoms with Crippen LogP contribution in [0.5, 0.6) is 0 Å². The Kier molecular flexibility index (Phi) is 3.86. The molecule has 1 atom stereocenters. The van der Waals surface area contributed by atoms with Gasteiger partial charge in [-0.25, -0.2) is 0 Å². The molecule has 7 nitrogen and oxygen atoms in total. The molecule has 0 N–H and O–H groups in total. The molecule has 1 saturated heterocycles. The van der Waals surface area contributed by atoms with Crippen molar-refractivity contribution in [2.45, 2.75) is 64.0 Å². The molecule has 2 aromatic heterocycles. The zero-order chi connectivity index (χ0) is 16.7. The Bertz CT molecular complexity index is 731. The van der Waals surface area contributed by atoms with Gasteiger partial charge in [0.15, 0.2) is 5.82 Å². The van der Waals surface area contributed by atoms with Crippen LogP contribution in [0.1, 0.15) is 74.9 Å². The van der Waals surface area contributed by atoms with Gasteiger partial charge in [0.25, 0.3) is 0 Å². The van der Waals surface area contributed by atoms with Crippen molar-refractivity contribution < 1.29 is 9.32 Å². The molecule has 0 radical (unpaired) electrons. The van der Waals surface area contributed by atoms with E-state index in [9.17, 15) is 4.79 Å². The molecule has 0 bridgehead atoms. The number of aromatic nitrogens is 4. The number of hydrogen-bond donors (Lipinski definition) is 0. The molecule has 2 aliphatic rings. The van der Waals surface area contributed by atoms with E-state index in [4.69, 9.17) is 4.52 Å². The Labute approximate surface area is 141 Å². The van der Waals surface area contributed by atoms with E-state index in [2.05, 4.69) is 29.1 Å². The van der Waals surface area contributed by atoms with Gasteiger partial charge in [-0.1, -0.05) is 5.16 Å². The second-order valence-electron chi connectivity index (χ2n) is 7.07. The maximum Gasteiger partial charge on any atom is 0.229 e. The van der Waals surface area contributed by atoms with E-state index in [1.807, 2.05) is 21.8 Å². The third-order valence-electron chi connectivity index (χ3n) is 4.78. The molecular weight excluding hydrogens is 306 g/mol. The summed E-state index contributed by atoms with van der Waals surface area (Å²) in [5, 5.41) is 8.60. The summed E-state index contributed by atoms with van der Waals surface area (Å²) >= 11 is 0. The molecule has 4 rings (SSSR count). The number of likely N-dealkylation sites (tertiary alicyclic amines) is 1. The van der Waals surface area contributed by atoms with Gasteiger partial charge in [0.2, 0.25) is 11.8 Å². The summed E-state index contributed by atoms with van der Waals surface area (Å²) in [7, 11) is 0. The smallest absolute Gasteiger partial charge is 0.229 e. The zero-order valence-corrected chi connectivity index (χ0v) is 14.2. The molecule has 1 amide bonds. The first-order valence-corrected chi connectivity index (χ1v) is 8.79. The summed E-state index contributed by atoms with van der Waals surface area (Å²) in [6.07, 6.45) is 6.39. The van der Waals surface area contributed by atoms with Gasteiger partial charge < -0.3 is 9.42 Å². The predicted molar refractivity (Wildman–Crippen MR) is 86.3 cm³/mol. The highest BCUT2D eigenvalue weighted by atomic mass is 16.5. The van der Waals surface area contributed by atoms with Crippen LogP contribution in [-0.4, -0.2) is 37.3 Å². The van der Waals surface area contributed by atoms with Crippen molar-refractivity contribution in [1.82, 2.24) is 24.8 Å². The first-order valence-electron chi connectivity index (χ1n) is 8.79. The van der Waals surface area contributed by atoms with Crippen LogP contribution in [-0.2, 0) is 11.2 Å². The fraction of sp³-hybridized carbons (Fsp3) is 0.647. The number of carbonyl (C=O) groups excluding carboxylic acids is 1. The Hall–Kier alpha value is -2.18. The van der Waals surface area contributed by atoms with Crippen molar-refractivity contribution in [1.29, 1.82) is 0 Å². The van der Waals surface area contributed by atoms with Crippen LogP contribution in [0.4, 0.5) is 0 Å². The van der Waals surface area contributed by atoms with E-state index in [1.54, 1.807) is 0 Å². The number of rotatable bonds is 5. The molecule has 0 aromatic carbocycles. The molecular formula is C17H23N5O2. The van der Waals surface area contributed by atoms with Crippen molar-refractivity contribution >= 4 is 5.91 Å². The van der Waals surface area contributed by atoms with Crippen LogP contribution >= 0.6 is 0 Å². The second-order valence-corrected chi connectivity index (χ2v) is 7.07. The van der Waals surface area contributed by atoms with Gasteiger partial charge in [0.05, 0.1) is 18.2 Å². The molecule has 128 valence electrons. The van der Waals surface area contributed by atoms with Crippen LogP contribution in [0.2, 0.25) is 0 Å². The molecule has 24 heavy (non-hydrogen) atoms. The molecule has 0 unspecified atom stereocenters. The Balaban J connectivity index is 1.45. The van der Waals surface area contributed by atoms with E-state index < -0.39 is 0 Å². The van der Waals surface area contributed by atoms with Crippen molar-refractivity contribution in [3.8, 4) is 0 Å². The number of nitrogens with zero attached hydrogens (tertiary/aromatic N) is 5. The van der Waals surface area contributed by atoms with Crippen molar-refractivity contribution in [2.75, 3.05) is 6.54 Å². The van der Waals surface area contributed by atoms with Crippen LogP contribution in [0.3, 0.4) is 0 Å². The molecule has 1 aliphatic carbocycles. The van der Waals surface area contributed by atoms with Crippen molar-refractivity contribution in [2.24, 2.45) is 0 Å². The summed E-state index contributed by atoms with van der Waals surface area (Å²) in [5.41, 5.74) is 0.811. The molecule has 1 aliphatic heterocycles. The first-order chi connectivity index (χ1) is 11.6. The molecule has 2 aromatic rings. The topological polar surface area (TPSA) is 77.0 Å². The lowest BCUT2D eigenvalue weighted by molar-refractivity contribution is -0.131. The Morgan fingerprint density at radius 3 is 2.92 bits per heavy atom. The number of amides is 1. The third kappa shape index (κ3) is 2.95. The van der Waals surface area contributed by atoms with Gasteiger partial charge >= 0.3 is 0 Å². The van der Waals surface area contributed by atoms with Crippen LogP contribution in [0.25, 0.3) is 0 Å². The monoisotopic (exact) mass is 329 g/mol. The van der Waals surface area contributed by atoms with E-state index in [-0.39, 0.29) is 11.9 Å². The lowest BCUT2D eigenvalue weighted by Gasteiger charge is -2.21. The highest BCUT2D eigenvalue weighted by Crippen LogP contribution is 2.40. The van der Waals surface area contributed by atoms with E-state index in [0.717, 1.165) is 43.8 Å². The minimum atomic E-state index is -0.0547. The summed E-state index contributed by atoms with van der Waals surface area (Å²) in [6, 6.07) is 2.16. The fourth-order valence-corrected chi connectivity index (χ4v) is 3.23. The zero-order valence-electron chi connectivity index (χ0n) is 14.2. The molecule has 1 saturated carbocycles. The predicted octanol–water partition coefficient (Wildman–Crippen LogP) is 2.63. The van der Waals surface area contributed by atoms with Crippen LogP contribution in [0, 0.1) is 0 Å². The lowest BCUT2D eigenvalue weighted by Crippen LogP contribution is -2.32. The normalized spacial score (nSPS) is 21.0. The fourth-order valence-electron chi connectivity index (χ4n) is 3.23. The summed E-state index contributed by atoms with van der Waals surface area (Å²) < 4.78 is 7.24. The van der Waals surface area contributed by atoms with E-state index in [0.29, 0.717) is 24.2 Å². The summed E-state index contributed by atoms with van der Waals surface area (Å²) in [4.78, 5) is 19.1. The molecule has 0 spiro atoms. The largest absolute Gasteiger partial charge is 0.339 e. The minimum Gasteiger partial charge on any atom is -0.339 e. The third-order valence-corrected chi connectivity index (χ3v) is 4.78. The molecule has 7 heteroatoms. The van der Waals surface area contributed by atoms with Gasteiger partial charge in [0.1, 0.15) is 0 Å². The Morgan fingerprint density at radius 2 is 2.21 bits per heavy atom. The average molecular weight is 329 g/mol. The summed E-state index contributed by atoms with van der Waals surface area (Å²) in [5.74, 6) is 1.93. The summed E-state index contributed by atoms with van der Waals surface area (Å²) in [6.45, 7) is 4.90. The van der Waals surface area contributed by atoms with Gasteiger partial charge in [-0.15, -0.1) is 0 Å². The maximum absolute atomic E-state index is 12.7. The molecule has 3 heterocycles. The number of hydrogen-bond acceptors (Lipinski definition) is 5. The Morgan fingerprint density at radius 1 is 1.38 bits per heavy atom.